The molecule has 1 saturated heterocycles. The summed E-state index contributed by atoms with van der Waals surface area (Å²) in [6, 6.07) is 6.39. The first-order valence-electron chi connectivity index (χ1n) is 15.0. The number of hydrogen-bond acceptors (Lipinski definition) is 10. The van der Waals surface area contributed by atoms with Crippen LogP contribution in [0.4, 0.5) is 11.6 Å². The Labute approximate surface area is 262 Å². The van der Waals surface area contributed by atoms with Crippen LogP contribution in [0.15, 0.2) is 46.8 Å². The number of aliphatic hydroxyl groups excluding tert-OH is 1. The fraction of sp³-hybridized carbons (Fsp3) is 0.500. The third-order valence-electron chi connectivity index (χ3n) is 7.72. The Morgan fingerprint density at radius 2 is 1.91 bits per heavy atom. The second-order valence-corrected chi connectivity index (χ2v) is 11.2. The van der Waals surface area contributed by atoms with Crippen LogP contribution in [0.3, 0.4) is 0 Å². The van der Waals surface area contributed by atoms with Crippen molar-refractivity contribution in [2.24, 2.45) is 15.7 Å². The lowest BCUT2D eigenvalue weighted by molar-refractivity contribution is 0.00502. The van der Waals surface area contributed by atoms with Gasteiger partial charge >= 0.3 is 0 Å². The number of nitrogens with zero attached hydrogens (tertiary/aromatic N) is 7. The first kappa shape index (κ1) is 31.6. The van der Waals surface area contributed by atoms with E-state index in [1.165, 1.54) is 12.7 Å². The van der Waals surface area contributed by atoms with Crippen molar-refractivity contribution in [2.75, 3.05) is 51.4 Å². The highest BCUT2D eigenvalue weighted by Crippen LogP contribution is 2.35. The second kappa shape index (κ2) is 15.8. The number of hydrogen-bond donors (Lipinski definition) is 3. The van der Waals surface area contributed by atoms with Crippen LogP contribution in [0.1, 0.15) is 38.6 Å². The molecule has 0 spiro atoms. The van der Waals surface area contributed by atoms with Crippen molar-refractivity contribution in [2.45, 2.75) is 50.8 Å². The molecule has 1 aliphatic heterocycles. The summed E-state index contributed by atoms with van der Waals surface area (Å²) in [7, 11) is 0. The van der Waals surface area contributed by atoms with Gasteiger partial charge in [0.2, 0.25) is 5.95 Å². The Morgan fingerprint density at radius 3 is 2.64 bits per heavy atom. The zero-order valence-corrected chi connectivity index (χ0v) is 25.6. The average molecular weight is 626 g/mol. The minimum absolute atomic E-state index is 0.107. The van der Waals surface area contributed by atoms with E-state index in [1.54, 1.807) is 18.5 Å². The van der Waals surface area contributed by atoms with Crippen molar-refractivity contribution in [3.05, 3.63) is 41.8 Å². The summed E-state index contributed by atoms with van der Waals surface area (Å²) in [6.45, 7) is 5.99. The van der Waals surface area contributed by atoms with E-state index in [0.29, 0.717) is 40.9 Å². The summed E-state index contributed by atoms with van der Waals surface area (Å²) in [6.07, 6.45) is 12.1. The van der Waals surface area contributed by atoms with Crippen LogP contribution in [0.2, 0.25) is 5.02 Å². The normalized spacial score (nSPS) is 20.2. The molecule has 0 radical (unpaired) electrons. The number of aromatic nitrogens is 4. The Hall–Kier alpha value is -3.78. The smallest absolute Gasteiger partial charge is 0.257 e. The van der Waals surface area contributed by atoms with Crippen molar-refractivity contribution < 1.29 is 19.3 Å². The van der Waals surface area contributed by atoms with Gasteiger partial charge in [-0.15, -0.1) is 5.10 Å². The van der Waals surface area contributed by atoms with Gasteiger partial charge in [-0.3, -0.25) is 14.6 Å². The van der Waals surface area contributed by atoms with Gasteiger partial charge in [-0.1, -0.05) is 17.7 Å². The molecule has 1 atom stereocenters. The number of benzene rings is 1. The molecule has 0 unspecified atom stereocenters. The van der Waals surface area contributed by atoms with Crippen LogP contribution >= 0.6 is 11.6 Å². The third kappa shape index (κ3) is 8.44. The quantitative estimate of drug-likeness (QED) is 0.189. The Kier molecular flexibility index (Phi) is 11.4. The van der Waals surface area contributed by atoms with Gasteiger partial charge in [0.05, 0.1) is 50.0 Å². The Balaban J connectivity index is 1.23. The fourth-order valence-corrected chi connectivity index (χ4v) is 5.66. The number of morpholine rings is 1. The number of ether oxygens (including phenoxy) is 3. The van der Waals surface area contributed by atoms with Crippen LogP contribution in [-0.2, 0) is 4.74 Å². The van der Waals surface area contributed by atoms with Crippen molar-refractivity contribution in [3.63, 3.8) is 0 Å². The third-order valence-corrected chi connectivity index (χ3v) is 8.03. The molecule has 1 saturated carbocycles. The van der Waals surface area contributed by atoms with Crippen LogP contribution < -0.4 is 20.5 Å². The van der Waals surface area contributed by atoms with E-state index in [0.717, 1.165) is 63.1 Å². The molecule has 2 aromatic heterocycles. The number of aliphatic hydroxyl groups is 1. The number of anilines is 2. The molecular formula is C30H40ClN9O4. The van der Waals surface area contributed by atoms with Crippen LogP contribution in [0, 0.1) is 0 Å². The second-order valence-electron chi connectivity index (χ2n) is 10.8. The van der Waals surface area contributed by atoms with E-state index in [-0.39, 0.29) is 25.4 Å². The molecule has 2 fully saturated rings. The van der Waals surface area contributed by atoms with Gasteiger partial charge in [-0.25, -0.2) is 15.0 Å². The van der Waals surface area contributed by atoms with E-state index in [9.17, 15) is 5.11 Å². The Bertz CT molecular complexity index is 1390. The highest BCUT2D eigenvalue weighted by atomic mass is 35.5. The van der Waals surface area contributed by atoms with E-state index in [1.807, 2.05) is 29.9 Å². The first-order chi connectivity index (χ1) is 21.5. The summed E-state index contributed by atoms with van der Waals surface area (Å²) >= 11 is 6.39. The molecule has 1 aromatic carbocycles. The van der Waals surface area contributed by atoms with Crippen LogP contribution in [0.5, 0.6) is 11.6 Å². The van der Waals surface area contributed by atoms with E-state index < -0.39 is 0 Å². The van der Waals surface area contributed by atoms with E-state index in [4.69, 9.17) is 36.6 Å². The van der Waals surface area contributed by atoms with Gasteiger partial charge in [0.1, 0.15) is 30.5 Å². The highest BCUT2D eigenvalue weighted by molar-refractivity contribution is 6.32. The molecule has 13 nitrogen and oxygen atoms in total. The highest BCUT2D eigenvalue weighted by Gasteiger charge is 2.29. The van der Waals surface area contributed by atoms with Gasteiger partial charge in [0, 0.05) is 37.1 Å². The standard InChI is InChI=1S/C30H40ClN9O4/c1-21(15-33-20-34-19-32)44-28-14-22(2-7-26(28)31)23-16-35-30(36-17-23)37-27-18-40(38-29(27)43-13-10-41)25-5-3-24(4-6-25)39-8-11-42-12-9-39/h2,7,14,16-21,24-25,41H,3-6,8-13,15H2,1H3,(H2,32,33,34)(H,35,36,37)/t21-,24?,25?/m0/s1. The predicted molar refractivity (Wildman–Crippen MR) is 170 cm³/mol. The fourth-order valence-electron chi connectivity index (χ4n) is 5.50. The lowest BCUT2D eigenvalue weighted by Crippen LogP contribution is -2.45. The molecule has 1 aliphatic carbocycles. The maximum atomic E-state index is 9.35. The molecule has 4 N–H and O–H groups in total. The van der Waals surface area contributed by atoms with Crippen LogP contribution in [-0.4, -0.2) is 101 Å². The number of halogens is 1. The molecule has 5 rings (SSSR count). The molecule has 3 aromatic rings. The molecule has 2 aliphatic rings. The van der Waals surface area contributed by atoms with Gasteiger partial charge in [0.15, 0.2) is 0 Å². The zero-order chi connectivity index (χ0) is 30.7. The summed E-state index contributed by atoms with van der Waals surface area (Å²) in [5.41, 5.74) is 7.52. The molecule has 0 amide bonds. The number of rotatable bonds is 13. The van der Waals surface area contributed by atoms with Crippen molar-refractivity contribution >= 4 is 35.9 Å². The lowest BCUT2D eigenvalue weighted by Gasteiger charge is -2.38. The summed E-state index contributed by atoms with van der Waals surface area (Å²) in [5, 5.41) is 17.8. The van der Waals surface area contributed by atoms with Crippen molar-refractivity contribution in [1.29, 1.82) is 0 Å². The van der Waals surface area contributed by atoms with Gasteiger partial charge in [-0.05, 0) is 50.3 Å². The van der Waals surface area contributed by atoms with Crippen LogP contribution in [0.25, 0.3) is 11.1 Å². The first-order valence-corrected chi connectivity index (χ1v) is 15.3. The van der Waals surface area contributed by atoms with Gasteiger partial charge in [0.25, 0.3) is 5.88 Å². The molecule has 0 bridgehead atoms. The van der Waals surface area contributed by atoms with E-state index >= 15 is 0 Å². The largest absolute Gasteiger partial charge is 0.487 e. The molecular weight excluding hydrogens is 586 g/mol. The SMILES string of the molecule is C[C@@H](CN=CN=CN)Oc1cc(-c2cnc(Nc3cn(C4CCC(N5CCOCC5)CC4)nc3OCCO)nc2)ccc1Cl. The molecule has 44 heavy (non-hydrogen) atoms. The topological polar surface area (TPSA) is 158 Å². The minimum atomic E-state index is -0.224. The summed E-state index contributed by atoms with van der Waals surface area (Å²) < 4.78 is 19.3. The molecule has 236 valence electrons. The minimum Gasteiger partial charge on any atom is -0.487 e. The number of nitrogens with one attached hydrogen (secondary N) is 1. The monoisotopic (exact) mass is 625 g/mol. The lowest BCUT2D eigenvalue weighted by atomic mass is 9.90. The predicted octanol–water partition coefficient (Wildman–Crippen LogP) is 3.71. The van der Waals surface area contributed by atoms with Crippen molar-refractivity contribution in [1.82, 2.24) is 24.6 Å². The Morgan fingerprint density at radius 1 is 1.16 bits per heavy atom. The van der Waals surface area contributed by atoms with E-state index in [2.05, 4.69) is 30.2 Å². The number of nitrogens with two attached hydrogens (primary N) is 1. The maximum Gasteiger partial charge on any atom is 0.257 e. The maximum absolute atomic E-state index is 9.35. The number of aliphatic imine (C=N–C) groups is 2. The summed E-state index contributed by atoms with van der Waals surface area (Å²) in [5.74, 6) is 1.35. The zero-order valence-electron chi connectivity index (χ0n) is 24.9. The molecule has 3 heterocycles. The van der Waals surface area contributed by atoms with Gasteiger partial charge < -0.3 is 30.4 Å². The van der Waals surface area contributed by atoms with Gasteiger partial charge in [-0.2, -0.15) is 0 Å². The average Bonchev–Trinajstić information content (AvgIpc) is 3.46. The summed E-state index contributed by atoms with van der Waals surface area (Å²) in [4.78, 5) is 19.5. The van der Waals surface area contributed by atoms with Crippen molar-refractivity contribution in [3.8, 4) is 22.8 Å². The molecule has 14 heteroatoms.